The van der Waals surface area contributed by atoms with Gasteiger partial charge >= 0.3 is 0 Å². The summed E-state index contributed by atoms with van der Waals surface area (Å²) in [6.07, 6.45) is 2.53. The highest BCUT2D eigenvalue weighted by molar-refractivity contribution is 5.04. The molecule has 0 amide bonds. The molecule has 1 aliphatic rings. The lowest BCUT2D eigenvalue weighted by Gasteiger charge is -2.33. The molecule has 0 aromatic heterocycles. The SMILES string of the molecule is CC#CC1CCN(C)CC1CC. The molecule has 2 unspecified atom stereocenters. The molecular formula is C11H19N. The number of hydrogen-bond acceptors (Lipinski definition) is 1. The van der Waals surface area contributed by atoms with Crippen molar-refractivity contribution in [3.8, 4) is 11.8 Å². The van der Waals surface area contributed by atoms with Gasteiger partial charge in [-0.1, -0.05) is 19.3 Å². The minimum absolute atomic E-state index is 0.663. The molecule has 0 aliphatic carbocycles. The Hall–Kier alpha value is -0.480. The van der Waals surface area contributed by atoms with Gasteiger partial charge in [0.1, 0.15) is 0 Å². The first-order valence-electron chi connectivity index (χ1n) is 4.88. The van der Waals surface area contributed by atoms with Crippen LogP contribution in [-0.2, 0) is 0 Å². The lowest BCUT2D eigenvalue weighted by Crippen LogP contribution is -2.37. The normalized spacial score (nSPS) is 30.9. The van der Waals surface area contributed by atoms with Crippen LogP contribution in [0.25, 0.3) is 0 Å². The number of piperidine rings is 1. The average Bonchev–Trinajstić information content (AvgIpc) is 2.08. The predicted molar refractivity (Wildman–Crippen MR) is 52.8 cm³/mol. The molecule has 1 aliphatic heterocycles. The van der Waals surface area contributed by atoms with Gasteiger partial charge in [0.25, 0.3) is 0 Å². The van der Waals surface area contributed by atoms with Crippen molar-refractivity contribution in [1.29, 1.82) is 0 Å². The molecule has 1 rings (SSSR count). The van der Waals surface area contributed by atoms with E-state index in [9.17, 15) is 0 Å². The molecule has 1 heteroatoms. The molecule has 0 N–H and O–H groups in total. The van der Waals surface area contributed by atoms with E-state index in [1.807, 2.05) is 6.92 Å². The van der Waals surface area contributed by atoms with E-state index in [1.54, 1.807) is 0 Å². The summed E-state index contributed by atoms with van der Waals surface area (Å²) < 4.78 is 0. The van der Waals surface area contributed by atoms with Gasteiger partial charge in [0.15, 0.2) is 0 Å². The van der Waals surface area contributed by atoms with Gasteiger partial charge in [-0.05, 0) is 32.9 Å². The number of hydrogen-bond donors (Lipinski definition) is 0. The highest BCUT2D eigenvalue weighted by Crippen LogP contribution is 2.24. The van der Waals surface area contributed by atoms with E-state index < -0.39 is 0 Å². The van der Waals surface area contributed by atoms with Crippen molar-refractivity contribution in [2.45, 2.75) is 26.7 Å². The molecule has 1 heterocycles. The third-order valence-electron chi connectivity index (χ3n) is 2.79. The molecule has 0 spiro atoms. The smallest absolute Gasteiger partial charge is 0.0255 e. The highest BCUT2D eigenvalue weighted by atomic mass is 15.1. The van der Waals surface area contributed by atoms with Crippen molar-refractivity contribution in [3.63, 3.8) is 0 Å². The van der Waals surface area contributed by atoms with E-state index in [1.165, 1.54) is 25.9 Å². The average molecular weight is 165 g/mol. The summed E-state index contributed by atoms with van der Waals surface area (Å²) in [5, 5.41) is 0. The van der Waals surface area contributed by atoms with Crippen LogP contribution >= 0.6 is 0 Å². The van der Waals surface area contributed by atoms with E-state index in [0.29, 0.717) is 5.92 Å². The van der Waals surface area contributed by atoms with Crippen LogP contribution < -0.4 is 0 Å². The maximum absolute atomic E-state index is 3.33. The quantitative estimate of drug-likeness (QED) is 0.537. The Labute approximate surface area is 76.1 Å². The van der Waals surface area contributed by atoms with E-state index in [2.05, 4.69) is 30.7 Å². The van der Waals surface area contributed by atoms with Gasteiger partial charge in [-0.25, -0.2) is 0 Å². The first-order valence-corrected chi connectivity index (χ1v) is 4.88. The molecule has 1 nitrogen and oxygen atoms in total. The zero-order valence-electron chi connectivity index (χ0n) is 8.43. The van der Waals surface area contributed by atoms with Crippen molar-refractivity contribution >= 4 is 0 Å². The van der Waals surface area contributed by atoms with Gasteiger partial charge in [0.2, 0.25) is 0 Å². The molecule has 0 bridgehead atoms. The summed E-state index contributed by atoms with van der Waals surface area (Å²) in [5.41, 5.74) is 0. The van der Waals surface area contributed by atoms with Crippen molar-refractivity contribution in [2.75, 3.05) is 20.1 Å². The van der Waals surface area contributed by atoms with Gasteiger partial charge in [0.05, 0.1) is 0 Å². The molecular weight excluding hydrogens is 146 g/mol. The topological polar surface area (TPSA) is 3.24 Å². The maximum Gasteiger partial charge on any atom is 0.0255 e. The maximum atomic E-state index is 3.33. The number of nitrogens with zero attached hydrogens (tertiary/aromatic N) is 1. The molecule has 1 fully saturated rings. The third kappa shape index (κ3) is 2.25. The van der Waals surface area contributed by atoms with E-state index in [-0.39, 0.29) is 0 Å². The summed E-state index contributed by atoms with van der Waals surface area (Å²) in [6.45, 7) is 6.67. The highest BCUT2D eigenvalue weighted by Gasteiger charge is 2.24. The first kappa shape index (κ1) is 9.61. The Balaban J connectivity index is 2.54. The largest absolute Gasteiger partial charge is 0.306 e. The van der Waals surface area contributed by atoms with Gasteiger partial charge in [-0.15, -0.1) is 5.92 Å². The summed E-state index contributed by atoms with van der Waals surface area (Å²) in [5.74, 6) is 7.84. The lowest BCUT2D eigenvalue weighted by molar-refractivity contribution is 0.171. The van der Waals surface area contributed by atoms with Crippen LogP contribution in [0.15, 0.2) is 0 Å². The first-order chi connectivity index (χ1) is 5.77. The monoisotopic (exact) mass is 165 g/mol. The molecule has 2 atom stereocenters. The lowest BCUT2D eigenvalue weighted by atomic mass is 9.84. The zero-order valence-corrected chi connectivity index (χ0v) is 8.43. The minimum Gasteiger partial charge on any atom is -0.306 e. The Morgan fingerprint density at radius 2 is 2.25 bits per heavy atom. The van der Waals surface area contributed by atoms with Crippen LogP contribution in [0.2, 0.25) is 0 Å². The molecule has 0 aromatic carbocycles. The molecule has 0 aromatic rings. The standard InChI is InChI=1S/C11H19N/c1-4-6-11-7-8-12(3)9-10(11)5-2/h10-11H,5,7-9H2,1-3H3. The molecule has 0 saturated carbocycles. The Kier molecular flexibility index (Phi) is 3.62. The van der Waals surface area contributed by atoms with Gasteiger partial charge < -0.3 is 4.90 Å². The summed E-state index contributed by atoms with van der Waals surface area (Å²) in [4.78, 5) is 2.42. The summed E-state index contributed by atoms with van der Waals surface area (Å²) in [6, 6.07) is 0. The van der Waals surface area contributed by atoms with E-state index in [0.717, 1.165) is 5.92 Å². The Morgan fingerprint density at radius 1 is 1.50 bits per heavy atom. The number of likely N-dealkylation sites (tertiary alicyclic amines) is 1. The summed E-state index contributed by atoms with van der Waals surface area (Å²) in [7, 11) is 2.21. The van der Waals surface area contributed by atoms with Crippen molar-refractivity contribution in [2.24, 2.45) is 11.8 Å². The second-order valence-electron chi connectivity index (χ2n) is 3.72. The third-order valence-corrected chi connectivity index (χ3v) is 2.79. The second-order valence-corrected chi connectivity index (χ2v) is 3.72. The van der Waals surface area contributed by atoms with Crippen LogP contribution in [0.4, 0.5) is 0 Å². The van der Waals surface area contributed by atoms with Crippen molar-refractivity contribution < 1.29 is 0 Å². The van der Waals surface area contributed by atoms with Crippen molar-refractivity contribution in [3.05, 3.63) is 0 Å². The van der Waals surface area contributed by atoms with Gasteiger partial charge in [-0.2, -0.15) is 0 Å². The zero-order chi connectivity index (χ0) is 8.97. The van der Waals surface area contributed by atoms with Gasteiger partial charge in [-0.3, -0.25) is 0 Å². The van der Waals surface area contributed by atoms with E-state index >= 15 is 0 Å². The molecule has 68 valence electrons. The fraction of sp³-hybridized carbons (Fsp3) is 0.818. The fourth-order valence-electron chi connectivity index (χ4n) is 2.00. The number of rotatable bonds is 1. The van der Waals surface area contributed by atoms with Crippen LogP contribution in [0.3, 0.4) is 0 Å². The van der Waals surface area contributed by atoms with Gasteiger partial charge in [0, 0.05) is 12.5 Å². The minimum atomic E-state index is 0.663. The van der Waals surface area contributed by atoms with Crippen LogP contribution in [0, 0.1) is 23.7 Å². The molecule has 12 heavy (non-hydrogen) atoms. The van der Waals surface area contributed by atoms with Crippen LogP contribution in [0.1, 0.15) is 26.7 Å². The predicted octanol–water partition coefficient (Wildman–Crippen LogP) is 1.99. The van der Waals surface area contributed by atoms with Crippen molar-refractivity contribution in [1.82, 2.24) is 4.90 Å². The molecule has 0 radical (unpaired) electrons. The van der Waals surface area contributed by atoms with Crippen LogP contribution in [0.5, 0.6) is 0 Å². The Morgan fingerprint density at radius 3 is 2.83 bits per heavy atom. The molecule has 1 saturated heterocycles. The second kappa shape index (κ2) is 4.52. The van der Waals surface area contributed by atoms with E-state index in [4.69, 9.17) is 0 Å². The Bertz CT molecular complexity index is 187. The van der Waals surface area contributed by atoms with Crippen LogP contribution in [-0.4, -0.2) is 25.0 Å². The summed E-state index contributed by atoms with van der Waals surface area (Å²) >= 11 is 0. The fourth-order valence-corrected chi connectivity index (χ4v) is 2.00.